The molecule has 0 bridgehead atoms. The van der Waals surface area contributed by atoms with E-state index in [9.17, 15) is 4.79 Å². The van der Waals surface area contributed by atoms with Crippen molar-refractivity contribution in [2.24, 2.45) is 0 Å². The molecular weight excluding hydrogens is 244 g/mol. The third-order valence-corrected chi connectivity index (χ3v) is 2.75. The number of nitrogens with one attached hydrogen (secondary N) is 1. The molecule has 3 aromatic heterocycles. The van der Waals surface area contributed by atoms with Crippen LogP contribution in [0.5, 0.6) is 0 Å². The summed E-state index contributed by atoms with van der Waals surface area (Å²) in [5.41, 5.74) is 0.171. The first-order valence-corrected chi connectivity index (χ1v) is 5.47. The van der Waals surface area contributed by atoms with Crippen molar-refractivity contribution in [3.05, 3.63) is 15.1 Å². The van der Waals surface area contributed by atoms with E-state index in [1.807, 2.05) is 6.92 Å². The molecule has 9 heteroatoms. The Morgan fingerprint density at radius 2 is 2.29 bits per heavy atom. The first kappa shape index (κ1) is 10.1. The Balaban J connectivity index is 2.63. The van der Waals surface area contributed by atoms with Crippen LogP contribution in [0.3, 0.4) is 0 Å². The number of hydrogen-bond donors (Lipinski definition) is 1. The molecule has 0 aliphatic carbocycles. The number of rotatable bonds is 2. The van der Waals surface area contributed by atoms with Crippen molar-refractivity contribution in [1.82, 2.24) is 29.5 Å². The molecule has 88 valence electrons. The molecule has 8 nitrogen and oxygen atoms in total. The van der Waals surface area contributed by atoms with E-state index in [4.69, 9.17) is 12.2 Å². The first-order valence-electron chi connectivity index (χ1n) is 5.06. The van der Waals surface area contributed by atoms with E-state index < -0.39 is 0 Å². The number of nitrogens with zero attached hydrogens (tertiary/aromatic N) is 5. The topological polar surface area (TPSA) is 94.0 Å². The van der Waals surface area contributed by atoms with Crippen LogP contribution in [0.1, 0.15) is 13.3 Å². The van der Waals surface area contributed by atoms with Crippen molar-refractivity contribution in [2.45, 2.75) is 19.9 Å². The summed E-state index contributed by atoms with van der Waals surface area (Å²) in [6.45, 7) is 2.50. The summed E-state index contributed by atoms with van der Waals surface area (Å²) in [6, 6.07) is 0. The van der Waals surface area contributed by atoms with E-state index in [-0.39, 0.29) is 16.7 Å². The van der Waals surface area contributed by atoms with Crippen LogP contribution in [0.4, 0.5) is 0 Å². The molecule has 0 aliphatic heterocycles. The molecule has 0 aromatic carbocycles. The van der Waals surface area contributed by atoms with Crippen LogP contribution in [-0.2, 0) is 6.54 Å². The fourth-order valence-electron chi connectivity index (χ4n) is 1.77. The normalized spacial score (nSPS) is 11.6. The third kappa shape index (κ3) is 1.25. The van der Waals surface area contributed by atoms with Gasteiger partial charge in [0.2, 0.25) is 21.7 Å². The molecule has 1 N–H and O–H groups in total. The predicted molar refractivity (Wildman–Crippen MR) is 60.3 cm³/mol. The molecular formula is C8H8N6O2S. The molecule has 0 radical (unpaired) electrons. The van der Waals surface area contributed by atoms with Gasteiger partial charge in [0.15, 0.2) is 0 Å². The van der Waals surface area contributed by atoms with Gasteiger partial charge in [0.25, 0.3) is 5.56 Å². The van der Waals surface area contributed by atoms with E-state index in [2.05, 4.69) is 25.1 Å². The molecule has 0 unspecified atom stereocenters. The van der Waals surface area contributed by atoms with Gasteiger partial charge in [-0.25, -0.2) is 14.1 Å². The maximum absolute atomic E-state index is 12.1. The van der Waals surface area contributed by atoms with E-state index in [0.29, 0.717) is 17.1 Å². The minimum absolute atomic E-state index is 0.156. The second-order valence-corrected chi connectivity index (χ2v) is 3.94. The lowest BCUT2D eigenvalue weighted by molar-refractivity contribution is 0.314. The SMILES string of the molecule is CCCn1c(=O)c2nonc2n2c(=S)[nH]nc12. The number of H-pyrrole nitrogens is 1. The number of fused-ring (bicyclic) bond motifs is 3. The Bertz CT molecular complexity index is 809. The zero-order valence-electron chi connectivity index (χ0n) is 8.88. The van der Waals surface area contributed by atoms with Crippen LogP contribution >= 0.6 is 12.2 Å². The fourth-order valence-corrected chi connectivity index (χ4v) is 1.98. The maximum atomic E-state index is 12.1. The fraction of sp³-hybridized carbons (Fsp3) is 0.375. The summed E-state index contributed by atoms with van der Waals surface area (Å²) in [5, 5.41) is 13.9. The lowest BCUT2D eigenvalue weighted by atomic mass is 10.4. The van der Waals surface area contributed by atoms with Gasteiger partial charge >= 0.3 is 0 Å². The van der Waals surface area contributed by atoms with Crippen LogP contribution in [0.25, 0.3) is 16.9 Å². The lowest BCUT2D eigenvalue weighted by Gasteiger charge is -2.03. The summed E-state index contributed by atoms with van der Waals surface area (Å²) >= 11 is 5.09. The number of aryl methyl sites for hydroxylation is 1. The summed E-state index contributed by atoms with van der Waals surface area (Å²) in [5.74, 6) is 0.421. The van der Waals surface area contributed by atoms with E-state index in [0.717, 1.165) is 6.42 Å². The summed E-state index contributed by atoms with van der Waals surface area (Å²) in [4.78, 5) is 12.1. The minimum Gasteiger partial charge on any atom is -0.275 e. The van der Waals surface area contributed by atoms with Crippen LogP contribution in [-0.4, -0.2) is 29.5 Å². The highest BCUT2D eigenvalue weighted by molar-refractivity contribution is 7.71. The van der Waals surface area contributed by atoms with Crippen LogP contribution in [0.2, 0.25) is 0 Å². The molecule has 3 aromatic rings. The van der Waals surface area contributed by atoms with Gasteiger partial charge in [-0.1, -0.05) is 6.92 Å². The Labute approximate surface area is 98.8 Å². The zero-order valence-corrected chi connectivity index (χ0v) is 9.69. The molecule has 3 heterocycles. The van der Waals surface area contributed by atoms with Gasteiger partial charge in [-0.3, -0.25) is 9.36 Å². The molecule has 17 heavy (non-hydrogen) atoms. The van der Waals surface area contributed by atoms with Gasteiger partial charge in [-0.15, -0.1) is 5.10 Å². The Kier molecular flexibility index (Phi) is 2.08. The molecule has 3 rings (SSSR count). The van der Waals surface area contributed by atoms with Crippen molar-refractivity contribution in [2.75, 3.05) is 0 Å². The Hall–Kier alpha value is -2.03. The zero-order chi connectivity index (χ0) is 12.0. The molecule has 0 amide bonds. The highest BCUT2D eigenvalue weighted by atomic mass is 32.1. The highest BCUT2D eigenvalue weighted by Gasteiger charge is 2.16. The number of aromatic nitrogens is 6. The van der Waals surface area contributed by atoms with Crippen molar-refractivity contribution in [3.8, 4) is 0 Å². The van der Waals surface area contributed by atoms with E-state index in [1.165, 1.54) is 8.97 Å². The average Bonchev–Trinajstić information content (AvgIpc) is 2.90. The molecule has 0 fully saturated rings. The van der Waals surface area contributed by atoms with Gasteiger partial charge < -0.3 is 0 Å². The quantitative estimate of drug-likeness (QED) is 0.667. The Morgan fingerprint density at radius 3 is 3.06 bits per heavy atom. The summed E-state index contributed by atoms with van der Waals surface area (Å²) in [7, 11) is 0. The second-order valence-electron chi connectivity index (χ2n) is 3.56. The van der Waals surface area contributed by atoms with Crippen molar-refractivity contribution in [1.29, 1.82) is 0 Å². The smallest absolute Gasteiger partial charge is 0.275 e. The number of aromatic amines is 1. The van der Waals surface area contributed by atoms with Gasteiger partial charge in [-0.2, -0.15) is 0 Å². The largest absolute Gasteiger partial charge is 0.286 e. The third-order valence-electron chi connectivity index (χ3n) is 2.47. The van der Waals surface area contributed by atoms with Crippen LogP contribution < -0.4 is 5.56 Å². The van der Waals surface area contributed by atoms with Crippen LogP contribution in [0, 0.1) is 4.77 Å². The summed E-state index contributed by atoms with van der Waals surface area (Å²) in [6.07, 6.45) is 0.798. The van der Waals surface area contributed by atoms with Gasteiger partial charge in [0.1, 0.15) is 0 Å². The highest BCUT2D eigenvalue weighted by Crippen LogP contribution is 2.08. The van der Waals surface area contributed by atoms with Crippen molar-refractivity contribution >= 4 is 29.2 Å². The summed E-state index contributed by atoms with van der Waals surface area (Å²) < 4.78 is 7.98. The number of hydrogen-bond acceptors (Lipinski definition) is 6. The van der Waals surface area contributed by atoms with Gasteiger partial charge in [0, 0.05) is 6.54 Å². The molecule has 0 saturated carbocycles. The van der Waals surface area contributed by atoms with Gasteiger partial charge in [0.05, 0.1) is 0 Å². The van der Waals surface area contributed by atoms with Crippen molar-refractivity contribution < 1.29 is 4.63 Å². The lowest BCUT2D eigenvalue weighted by Crippen LogP contribution is -2.23. The van der Waals surface area contributed by atoms with Crippen molar-refractivity contribution in [3.63, 3.8) is 0 Å². The van der Waals surface area contributed by atoms with Crippen LogP contribution in [0.15, 0.2) is 9.42 Å². The van der Waals surface area contributed by atoms with E-state index in [1.54, 1.807) is 0 Å². The van der Waals surface area contributed by atoms with E-state index >= 15 is 0 Å². The first-order chi connectivity index (χ1) is 8.24. The molecule has 0 saturated heterocycles. The Morgan fingerprint density at radius 1 is 1.47 bits per heavy atom. The second kappa shape index (κ2) is 3.48. The molecule has 0 aliphatic rings. The average molecular weight is 252 g/mol. The monoisotopic (exact) mass is 252 g/mol. The predicted octanol–water partition coefficient (Wildman–Crippen LogP) is 0.500. The maximum Gasteiger partial charge on any atom is 0.286 e. The molecule has 0 atom stereocenters. The molecule has 0 spiro atoms. The standard InChI is InChI=1S/C8H8N6O2S/c1-2-3-13-6(15)4-5(12-16-11-4)14-7(13)9-10-8(14)17/h2-3H2,1H3,(H,10,17). The minimum atomic E-state index is -0.274. The van der Waals surface area contributed by atoms with Gasteiger partial charge in [-0.05, 0) is 29.0 Å².